The van der Waals surface area contributed by atoms with Crippen LogP contribution in [0.15, 0.2) is 0 Å². The molecule has 3 amide bonds. The number of imide groups is 1. The monoisotopic (exact) mass is 301 g/mol. The zero-order valence-electron chi connectivity index (χ0n) is 13.3. The van der Waals surface area contributed by atoms with Crippen LogP contribution in [-0.4, -0.2) is 54.6 Å². The molecule has 0 bridgehead atoms. The summed E-state index contributed by atoms with van der Waals surface area (Å²) in [6, 6.07) is -0.561. The smallest absolute Gasteiger partial charge is 0.321 e. The number of nitrogens with zero attached hydrogens (tertiary/aromatic N) is 1. The number of hydrogen-bond donors (Lipinski definition) is 3. The van der Waals surface area contributed by atoms with E-state index in [1.807, 2.05) is 19.0 Å². The second-order valence-corrected chi connectivity index (χ2v) is 5.86. The lowest BCUT2D eigenvalue weighted by molar-refractivity contribution is -0.137. The van der Waals surface area contributed by atoms with Gasteiger partial charge in [0.2, 0.25) is 5.91 Å². The van der Waals surface area contributed by atoms with Gasteiger partial charge in [0.15, 0.2) is 0 Å². The fraction of sp³-hybridized carbons (Fsp3) is 0.786. The van der Waals surface area contributed by atoms with Crippen LogP contribution in [0.2, 0.25) is 0 Å². The molecule has 0 aliphatic rings. The number of amides is 3. The standard InChI is InChI=1S/C14H27N3O4/c1-10(2)8-11(9-17(3)4)15-14(21)16-12(18)6-5-7-13(19)20/h10-11H,5-9H2,1-4H3,(H,19,20)(H2,15,16,18,21). The van der Waals surface area contributed by atoms with Crippen molar-refractivity contribution in [1.29, 1.82) is 0 Å². The maximum atomic E-state index is 11.7. The van der Waals surface area contributed by atoms with Gasteiger partial charge in [-0.1, -0.05) is 13.8 Å². The maximum absolute atomic E-state index is 11.7. The summed E-state index contributed by atoms with van der Waals surface area (Å²) in [5.74, 6) is -0.973. The quantitative estimate of drug-likeness (QED) is 0.591. The first-order chi connectivity index (χ1) is 9.70. The highest BCUT2D eigenvalue weighted by Gasteiger charge is 2.16. The van der Waals surface area contributed by atoms with Crippen LogP contribution in [0.5, 0.6) is 0 Å². The normalized spacial score (nSPS) is 12.3. The van der Waals surface area contributed by atoms with Crippen molar-refractivity contribution in [3.63, 3.8) is 0 Å². The lowest BCUT2D eigenvalue weighted by Crippen LogP contribution is -2.48. The molecule has 0 fully saturated rings. The Morgan fingerprint density at radius 1 is 1.14 bits per heavy atom. The lowest BCUT2D eigenvalue weighted by atomic mass is 10.0. The van der Waals surface area contributed by atoms with Gasteiger partial charge in [-0.05, 0) is 32.9 Å². The van der Waals surface area contributed by atoms with Gasteiger partial charge in [0.1, 0.15) is 0 Å². The SMILES string of the molecule is CC(C)CC(CN(C)C)NC(=O)NC(=O)CCCC(=O)O. The molecule has 0 spiro atoms. The van der Waals surface area contributed by atoms with Gasteiger partial charge >= 0.3 is 12.0 Å². The number of urea groups is 1. The summed E-state index contributed by atoms with van der Waals surface area (Å²) in [7, 11) is 3.84. The Hall–Kier alpha value is -1.63. The van der Waals surface area contributed by atoms with Gasteiger partial charge in [-0.25, -0.2) is 4.79 Å². The molecular weight excluding hydrogens is 274 g/mol. The molecule has 0 aromatic heterocycles. The Morgan fingerprint density at radius 3 is 2.24 bits per heavy atom. The molecule has 1 unspecified atom stereocenters. The number of carbonyl (C=O) groups is 3. The number of aliphatic carboxylic acids is 1. The molecule has 0 aromatic carbocycles. The van der Waals surface area contributed by atoms with Gasteiger partial charge in [-0.3, -0.25) is 14.9 Å². The van der Waals surface area contributed by atoms with Crippen molar-refractivity contribution in [2.75, 3.05) is 20.6 Å². The Morgan fingerprint density at radius 2 is 1.76 bits per heavy atom. The van der Waals surface area contributed by atoms with Crippen LogP contribution < -0.4 is 10.6 Å². The molecule has 0 aliphatic heterocycles. The summed E-state index contributed by atoms with van der Waals surface area (Å²) in [5, 5.41) is 13.5. The Kier molecular flexibility index (Phi) is 9.36. The molecule has 21 heavy (non-hydrogen) atoms. The van der Waals surface area contributed by atoms with E-state index in [4.69, 9.17) is 5.11 Å². The van der Waals surface area contributed by atoms with E-state index in [-0.39, 0.29) is 25.3 Å². The van der Waals surface area contributed by atoms with Crippen molar-refractivity contribution in [3.8, 4) is 0 Å². The molecule has 3 N–H and O–H groups in total. The van der Waals surface area contributed by atoms with Crippen LogP contribution in [0, 0.1) is 5.92 Å². The molecule has 0 saturated carbocycles. The number of likely N-dealkylation sites (N-methyl/N-ethyl adjacent to an activating group) is 1. The first-order valence-corrected chi connectivity index (χ1v) is 7.17. The van der Waals surface area contributed by atoms with Crippen molar-refractivity contribution in [2.24, 2.45) is 5.92 Å². The minimum atomic E-state index is -0.949. The van der Waals surface area contributed by atoms with E-state index < -0.39 is 17.9 Å². The van der Waals surface area contributed by atoms with Crippen LogP contribution in [0.4, 0.5) is 4.79 Å². The van der Waals surface area contributed by atoms with Crippen LogP contribution in [-0.2, 0) is 9.59 Å². The van der Waals surface area contributed by atoms with E-state index in [0.717, 1.165) is 6.42 Å². The highest BCUT2D eigenvalue weighted by molar-refractivity contribution is 5.94. The summed E-state index contributed by atoms with van der Waals surface area (Å²) in [6.45, 7) is 4.83. The van der Waals surface area contributed by atoms with E-state index in [1.54, 1.807) is 0 Å². The molecule has 0 radical (unpaired) electrons. The minimum absolute atomic E-state index is 0.0300. The average Bonchev–Trinajstić information content (AvgIpc) is 2.25. The van der Waals surface area contributed by atoms with E-state index in [9.17, 15) is 14.4 Å². The third-order valence-electron chi connectivity index (χ3n) is 2.72. The van der Waals surface area contributed by atoms with E-state index in [1.165, 1.54) is 0 Å². The summed E-state index contributed by atoms with van der Waals surface area (Å²) < 4.78 is 0. The first kappa shape index (κ1) is 19.4. The van der Waals surface area contributed by atoms with Gasteiger partial charge < -0.3 is 15.3 Å². The number of carboxylic acids is 1. The van der Waals surface area contributed by atoms with E-state index >= 15 is 0 Å². The van der Waals surface area contributed by atoms with Gasteiger partial charge in [0.25, 0.3) is 0 Å². The average molecular weight is 301 g/mol. The van der Waals surface area contributed by atoms with E-state index in [0.29, 0.717) is 12.5 Å². The van der Waals surface area contributed by atoms with E-state index in [2.05, 4.69) is 24.5 Å². The Balaban J connectivity index is 4.17. The third kappa shape index (κ3) is 11.9. The second-order valence-electron chi connectivity index (χ2n) is 5.86. The largest absolute Gasteiger partial charge is 0.481 e. The molecule has 0 heterocycles. The van der Waals surface area contributed by atoms with Gasteiger partial charge in [-0.2, -0.15) is 0 Å². The summed E-state index contributed by atoms with van der Waals surface area (Å²) in [6.07, 6.45) is 0.994. The summed E-state index contributed by atoms with van der Waals surface area (Å²) >= 11 is 0. The zero-order valence-corrected chi connectivity index (χ0v) is 13.3. The molecule has 0 saturated heterocycles. The van der Waals surface area contributed by atoms with Crippen molar-refractivity contribution in [1.82, 2.24) is 15.5 Å². The van der Waals surface area contributed by atoms with Crippen LogP contribution in [0.3, 0.4) is 0 Å². The van der Waals surface area contributed by atoms with Crippen LogP contribution in [0.1, 0.15) is 39.5 Å². The second kappa shape index (κ2) is 10.1. The fourth-order valence-electron chi connectivity index (χ4n) is 2.00. The number of rotatable bonds is 9. The van der Waals surface area contributed by atoms with Crippen molar-refractivity contribution >= 4 is 17.9 Å². The van der Waals surface area contributed by atoms with Crippen LogP contribution in [0.25, 0.3) is 0 Å². The summed E-state index contributed by atoms with van der Waals surface area (Å²) in [4.78, 5) is 35.5. The predicted molar refractivity (Wildman–Crippen MR) is 80.0 cm³/mol. The van der Waals surface area contributed by atoms with Crippen molar-refractivity contribution in [2.45, 2.75) is 45.6 Å². The Labute approximate surface area is 126 Å². The highest BCUT2D eigenvalue weighted by Crippen LogP contribution is 2.05. The van der Waals surface area contributed by atoms with Crippen LogP contribution >= 0.6 is 0 Å². The lowest BCUT2D eigenvalue weighted by Gasteiger charge is -2.23. The minimum Gasteiger partial charge on any atom is -0.481 e. The first-order valence-electron chi connectivity index (χ1n) is 7.17. The molecule has 122 valence electrons. The van der Waals surface area contributed by atoms with Gasteiger partial charge in [-0.15, -0.1) is 0 Å². The fourth-order valence-corrected chi connectivity index (χ4v) is 2.00. The van der Waals surface area contributed by atoms with Gasteiger partial charge in [0.05, 0.1) is 0 Å². The number of carboxylic acid groups (broad SMARTS) is 1. The third-order valence-corrected chi connectivity index (χ3v) is 2.72. The van der Waals surface area contributed by atoms with Crippen molar-refractivity contribution in [3.05, 3.63) is 0 Å². The zero-order chi connectivity index (χ0) is 16.4. The molecule has 7 heteroatoms. The summed E-state index contributed by atoms with van der Waals surface area (Å²) in [5.41, 5.74) is 0. The Bertz CT molecular complexity index is 346. The van der Waals surface area contributed by atoms with Gasteiger partial charge in [0, 0.05) is 25.4 Å². The number of hydrogen-bond acceptors (Lipinski definition) is 4. The predicted octanol–water partition coefficient (Wildman–Crippen LogP) is 1.04. The number of carbonyl (C=O) groups excluding carboxylic acids is 2. The molecule has 0 aliphatic carbocycles. The molecule has 0 rings (SSSR count). The molecule has 1 atom stereocenters. The molecule has 0 aromatic rings. The topological polar surface area (TPSA) is 98.7 Å². The maximum Gasteiger partial charge on any atom is 0.321 e. The van der Waals surface area contributed by atoms with Crippen molar-refractivity contribution < 1.29 is 19.5 Å². The highest BCUT2D eigenvalue weighted by atomic mass is 16.4. The molecule has 7 nitrogen and oxygen atoms in total. The molecular formula is C14H27N3O4. The number of nitrogens with one attached hydrogen (secondary N) is 2.